The largest absolute Gasteiger partial charge is 0.241 e. The highest BCUT2D eigenvalue weighted by Crippen LogP contribution is 1.80. The summed E-state index contributed by atoms with van der Waals surface area (Å²) in [5.41, 5.74) is 2.74. The highest BCUT2D eigenvalue weighted by molar-refractivity contribution is 4.35. The second-order valence-electron chi connectivity index (χ2n) is 1.67. The van der Waals surface area contributed by atoms with Gasteiger partial charge in [0.05, 0.1) is 0 Å². The monoisotopic (exact) mass is 118 g/mol. The fraction of sp³-hybridized carbons (Fsp3) is 1.00. The lowest BCUT2D eigenvalue weighted by Crippen LogP contribution is -2.49. The van der Waals surface area contributed by atoms with Crippen LogP contribution in [-0.2, 0) is 0 Å². The molecule has 0 fully saturated rings. The van der Waals surface area contributed by atoms with E-state index in [2.05, 4.69) is 12.3 Å². The predicted molar refractivity (Wildman–Crippen MR) is 33.1 cm³/mol. The van der Waals surface area contributed by atoms with Gasteiger partial charge in [0.25, 0.3) is 0 Å². The zero-order valence-corrected chi connectivity index (χ0v) is 5.22. The molecule has 0 radical (unpaired) electrons. The van der Waals surface area contributed by atoms with E-state index in [0.29, 0.717) is 0 Å². The van der Waals surface area contributed by atoms with Gasteiger partial charge >= 0.3 is 0 Å². The van der Waals surface area contributed by atoms with Gasteiger partial charge in [-0.05, 0) is 6.42 Å². The molecule has 0 aliphatic rings. The van der Waals surface area contributed by atoms with Gasteiger partial charge in [0.1, 0.15) is 0 Å². The Bertz CT molecular complexity index is 45.3. The van der Waals surface area contributed by atoms with Crippen LogP contribution in [0.2, 0.25) is 0 Å². The lowest BCUT2D eigenvalue weighted by Gasteiger charge is -2.08. The molecule has 0 aromatic heterocycles. The first-order valence-corrected chi connectivity index (χ1v) is 2.80. The van der Waals surface area contributed by atoms with Crippen molar-refractivity contribution in [2.24, 2.45) is 11.7 Å². The zero-order chi connectivity index (χ0) is 6.41. The molecule has 0 aliphatic carbocycles. The fourth-order valence-electron chi connectivity index (χ4n) is 0.385. The average molecular weight is 118 g/mol. The van der Waals surface area contributed by atoms with Gasteiger partial charge in [-0.3, -0.25) is 0 Å². The normalized spacial score (nSPS) is 10.5. The number of rotatable bonds is 4. The van der Waals surface area contributed by atoms with Crippen molar-refractivity contribution in [3.63, 3.8) is 0 Å². The summed E-state index contributed by atoms with van der Waals surface area (Å²) in [7, 11) is 0. The Morgan fingerprint density at radius 1 is 1.50 bits per heavy atom. The van der Waals surface area contributed by atoms with Gasteiger partial charge in [-0.25, -0.2) is 17.1 Å². The fourth-order valence-corrected chi connectivity index (χ4v) is 0.385. The third-order valence-electron chi connectivity index (χ3n) is 0.825. The maximum Gasteiger partial charge on any atom is 0.0129 e. The second-order valence-corrected chi connectivity index (χ2v) is 1.67. The van der Waals surface area contributed by atoms with Gasteiger partial charge in [-0.1, -0.05) is 13.3 Å². The van der Waals surface area contributed by atoms with Crippen LogP contribution in [-0.4, -0.2) is 11.8 Å². The van der Waals surface area contributed by atoms with E-state index in [1.54, 1.807) is 0 Å². The Morgan fingerprint density at radius 2 is 2.12 bits per heavy atom. The van der Waals surface area contributed by atoms with Crippen molar-refractivity contribution >= 4 is 0 Å². The second kappa shape index (κ2) is 4.99. The number of nitrogens with one attached hydrogen (secondary N) is 1. The summed E-state index contributed by atoms with van der Waals surface area (Å²) in [4.78, 5) is 0. The summed E-state index contributed by atoms with van der Waals surface area (Å²) in [6.45, 7) is 2.96. The Morgan fingerprint density at radius 3 is 2.50 bits per heavy atom. The van der Waals surface area contributed by atoms with Crippen LogP contribution in [0, 0.1) is 0 Å². The molecule has 0 spiro atoms. The van der Waals surface area contributed by atoms with Crippen LogP contribution in [0.4, 0.5) is 0 Å². The molecule has 0 atom stereocenters. The quantitative estimate of drug-likeness (QED) is 0.260. The molecule has 0 aromatic rings. The van der Waals surface area contributed by atoms with Gasteiger partial charge in [0.2, 0.25) is 0 Å². The number of hydrazine groups is 3. The molecular formula is C4H14N4. The number of nitrogens with two attached hydrogens (primary N) is 2. The van der Waals surface area contributed by atoms with Crippen LogP contribution in [0.3, 0.4) is 0 Å². The number of hydrogen-bond donors (Lipinski definition) is 3. The van der Waals surface area contributed by atoms with Gasteiger partial charge in [0.15, 0.2) is 0 Å². The molecule has 0 rings (SSSR count). The summed E-state index contributed by atoms with van der Waals surface area (Å²) in [6.07, 6.45) is 2.26. The van der Waals surface area contributed by atoms with Crippen LogP contribution in [0.25, 0.3) is 0 Å². The maximum absolute atomic E-state index is 5.03. The number of nitrogens with zero attached hydrogens (tertiary/aromatic N) is 1. The number of unbranched alkanes of at least 4 members (excludes halogenated alkanes) is 1. The van der Waals surface area contributed by atoms with Gasteiger partial charge in [-0.15, -0.1) is 5.23 Å². The number of hydrogen-bond acceptors (Lipinski definition) is 4. The molecule has 0 bridgehead atoms. The minimum absolute atomic E-state index is 0.851. The van der Waals surface area contributed by atoms with Crippen molar-refractivity contribution in [2.75, 3.05) is 6.54 Å². The first-order chi connectivity index (χ1) is 3.77. The van der Waals surface area contributed by atoms with Crippen molar-refractivity contribution in [3.8, 4) is 0 Å². The van der Waals surface area contributed by atoms with Crippen LogP contribution in [0.5, 0.6) is 0 Å². The zero-order valence-electron chi connectivity index (χ0n) is 5.22. The van der Waals surface area contributed by atoms with Gasteiger partial charge in [0, 0.05) is 6.54 Å². The van der Waals surface area contributed by atoms with Crippen LogP contribution < -0.4 is 17.1 Å². The van der Waals surface area contributed by atoms with Crippen molar-refractivity contribution in [2.45, 2.75) is 19.8 Å². The molecule has 0 aromatic carbocycles. The highest BCUT2D eigenvalue weighted by Gasteiger charge is 1.84. The summed E-state index contributed by atoms with van der Waals surface area (Å²) in [5, 5.41) is 0.982. The average Bonchev–Trinajstić information content (AvgIpc) is 1.66. The topological polar surface area (TPSA) is 67.3 Å². The lowest BCUT2D eigenvalue weighted by atomic mass is 10.3. The maximum atomic E-state index is 5.03. The van der Waals surface area contributed by atoms with E-state index in [-0.39, 0.29) is 0 Å². The van der Waals surface area contributed by atoms with Crippen molar-refractivity contribution in [1.82, 2.24) is 10.7 Å². The lowest BCUT2D eigenvalue weighted by molar-refractivity contribution is 0.196. The summed E-state index contributed by atoms with van der Waals surface area (Å²) < 4.78 is 0. The van der Waals surface area contributed by atoms with Crippen molar-refractivity contribution in [3.05, 3.63) is 0 Å². The Hall–Kier alpha value is -0.160. The van der Waals surface area contributed by atoms with Crippen LogP contribution in [0.15, 0.2) is 0 Å². The Kier molecular flexibility index (Phi) is 4.89. The third kappa shape index (κ3) is 5.84. The molecule has 0 heterocycles. The standard InChI is InChI=1S/C4H14N4/c1-2-3-4-7-8(5)6/h7H,2-6H2,1H3. The molecule has 0 amide bonds. The Labute approximate surface area is 49.7 Å². The SMILES string of the molecule is CCCCNN(N)N. The van der Waals surface area contributed by atoms with Gasteiger partial charge < -0.3 is 0 Å². The van der Waals surface area contributed by atoms with Crippen LogP contribution in [0.1, 0.15) is 19.8 Å². The van der Waals surface area contributed by atoms with Crippen molar-refractivity contribution < 1.29 is 0 Å². The molecule has 50 valence electrons. The third-order valence-corrected chi connectivity index (χ3v) is 0.825. The minimum atomic E-state index is 0.851. The van der Waals surface area contributed by atoms with E-state index in [1.165, 1.54) is 0 Å². The molecule has 4 heteroatoms. The highest BCUT2D eigenvalue weighted by atomic mass is 15.8. The van der Waals surface area contributed by atoms with E-state index in [9.17, 15) is 0 Å². The molecular weight excluding hydrogens is 104 g/mol. The molecule has 8 heavy (non-hydrogen) atoms. The predicted octanol–water partition coefficient (Wildman–Crippen LogP) is -0.659. The smallest absolute Gasteiger partial charge is 0.0129 e. The summed E-state index contributed by atoms with van der Waals surface area (Å²) in [5.74, 6) is 10.1. The van der Waals surface area contributed by atoms with Crippen LogP contribution >= 0.6 is 0 Å². The van der Waals surface area contributed by atoms with E-state index < -0.39 is 0 Å². The van der Waals surface area contributed by atoms with Gasteiger partial charge in [-0.2, -0.15) is 0 Å². The Balaban J connectivity index is 2.72. The summed E-state index contributed by atoms with van der Waals surface area (Å²) in [6, 6.07) is 0. The molecule has 0 saturated carbocycles. The molecule has 0 aliphatic heterocycles. The summed E-state index contributed by atoms with van der Waals surface area (Å²) >= 11 is 0. The first-order valence-electron chi connectivity index (χ1n) is 2.80. The van der Waals surface area contributed by atoms with E-state index >= 15 is 0 Å². The van der Waals surface area contributed by atoms with E-state index in [4.69, 9.17) is 11.7 Å². The molecule has 4 nitrogen and oxygen atoms in total. The molecule has 0 saturated heterocycles. The van der Waals surface area contributed by atoms with Crippen molar-refractivity contribution in [1.29, 1.82) is 0 Å². The van der Waals surface area contributed by atoms with E-state index in [1.807, 2.05) is 0 Å². The minimum Gasteiger partial charge on any atom is -0.241 e. The molecule has 0 unspecified atom stereocenters. The molecule has 5 N–H and O–H groups in total. The van der Waals surface area contributed by atoms with E-state index in [0.717, 1.165) is 24.6 Å². The first kappa shape index (κ1) is 7.84.